The highest BCUT2D eigenvalue weighted by Gasteiger charge is 2.38. The van der Waals surface area contributed by atoms with Crippen molar-refractivity contribution in [1.29, 1.82) is 0 Å². The molecule has 10 heterocycles. The summed E-state index contributed by atoms with van der Waals surface area (Å²) in [4.78, 5) is 107. The van der Waals surface area contributed by atoms with E-state index in [1.54, 1.807) is 50.4 Å². The number of thiazole rings is 2. The number of hydrogen-bond donors (Lipinski definition) is 6. The number of hydrogen-bond acceptors (Lipinski definition) is 26. The number of oxazole rings is 7. The number of amides is 3. The lowest BCUT2D eigenvalue weighted by molar-refractivity contribution is -0.142. The van der Waals surface area contributed by atoms with Crippen LogP contribution in [0.4, 0.5) is 0 Å². The van der Waals surface area contributed by atoms with Gasteiger partial charge in [0.15, 0.2) is 46.2 Å². The fraction of sp³-hybridized carbons (Fsp3) is 0.381. The van der Waals surface area contributed by atoms with Crippen LogP contribution in [0.1, 0.15) is 122 Å². The molecule has 0 saturated carbocycles. The fourth-order valence-electron chi connectivity index (χ4n) is 10.3. The van der Waals surface area contributed by atoms with E-state index >= 15 is 0 Å². The molecule has 0 saturated heterocycles. The van der Waals surface area contributed by atoms with Crippen LogP contribution in [0.2, 0.25) is 0 Å². The number of carbonyl (C=O) groups is 4. The van der Waals surface area contributed by atoms with Crippen molar-refractivity contribution < 1.29 is 59.9 Å². The molecule has 1 aliphatic heterocycles. The Kier molecular flexibility index (Phi) is 19.7. The molecule has 11 rings (SSSR count). The van der Waals surface area contributed by atoms with Crippen molar-refractivity contribution >= 4 is 58.2 Å². The Morgan fingerprint density at radius 3 is 1.93 bits per heavy atom. The van der Waals surface area contributed by atoms with E-state index in [4.69, 9.17) is 67.1 Å². The third-order valence-corrected chi connectivity index (χ3v) is 17.7. The highest BCUT2D eigenvalue weighted by molar-refractivity contribution is 7.13. The number of guanidine groups is 1. The van der Waals surface area contributed by atoms with E-state index in [0.29, 0.717) is 58.9 Å². The zero-order chi connectivity index (χ0) is 67.4. The summed E-state index contributed by atoms with van der Waals surface area (Å²) in [5, 5.41) is 23.6. The summed E-state index contributed by atoms with van der Waals surface area (Å²) in [5.41, 5.74) is 14.3. The van der Waals surface area contributed by atoms with Gasteiger partial charge in [-0.25, -0.2) is 54.6 Å². The molecule has 30 nitrogen and oxygen atoms in total. The Morgan fingerprint density at radius 1 is 0.674 bits per heavy atom. The third kappa shape index (κ3) is 14.7. The van der Waals surface area contributed by atoms with E-state index in [0.717, 1.165) is 23.4 Å². The van der Waals surface area contributed by atoms with Gasteiger partial charge in [-0.15, -0.1) is 22.7 Å². The van der Waals surface area contributed by atoms with Crippen LogP contribution < -0.4 is 27.4 Å². The first-order valence-corrected chi connectivity index (χ1v) is 32.2. The van der Waals surface area contributed by atoms with E-state index in [2.05, 4.69) is 55.8 Å². The number of nitrogens with one attached hydrogen (secondary N) is 3. The zero-order valence-corrected chi connectivity index (χ0v) is 55.0. The van der Waals surface area contributed by atoms with Gasteiger partial charge in [0, 0.05) is 23.7 Å². The summed E-state index contributed by atoms with van der Waals surface area (Å²) in [5.74, 6) is -1.39. The smallest absolute Gasteiger partial charge is 0.326 e. The minimum absolute atomic E-state index is 0.0200. The van der Waals surface area contributed by atoms with Crippen molar-refractivity contribution in [2.24, 2.45) is 33.3 Å². The van der Waals surface area contributed by atoms with Gasteiger partial charge >= 0.3 is 5.97 Å². The Hall–Kier alpha value is -10.5. The molecule has 95 heavy (non-hydrogen) atoms. The molecule has 0 bridgehead atoms. The normalized spacial score (nSPS) is 15.8. The quantitative estimate of drug-likeness (QED) is 0.0151. The fourth-order valence-corrected chi connectivity index (χ4v) is 12.1. The van der Waals surface area contributed by atoms with Crippen LogP contribution >= 0.6 is 22.7 Å². The average Bonchev–Trinajstić information content (AvgIpc) is 1.66. The van der Waals surface area contributed by atoms with Gasteiger partial charge in [-0.05, 0) is 72.0 Å². The number of carbonyl (C=O) groups excluding carboxylic acids is 3. The van der Waals surface area contributed by atoms with E-state index < -0.39 is 54.0 Å². The molecule has 0 radical (unpaired) electrons. The first-order valence-electron chi connectivity index (χ1n) is 30.5. The standard InChI is InChI=1S/C63H69N17O13S2/c1-11-28(3)43(74-51(83)46-31(6)93-59(77-46)47-32(7)91-56(78-47)41-27-95-61(73-41)48-33(8)92-57(79-48)40-26-94-60(72-40)42(80(9)10)19-16-20-66-63(64)65)49(81)75-44(29(4)12-2)58-71-38(24-89-58)54-69-36(22-87-54)52-68-37(23-86-52)53-70-39(25-88-53)55-76-45(30(5)90-55)50(82)67-35(62(84)85)21-34-17-14-13-15-18-34/h13-15,17-18,22-30,35,42-45H,11-12,16,19-21H2,1-10H3,(H,67,82)(H,74,83)(H,75,81)(H,84,85)(H4,64,65,66)/t28-,29-,30?,35-,42?,43-,44-,45?/m0/s1. The lowest BCUT2D eigenvalue weighted by atomic mass is 9.95. The largest absolute Gasteiger partial charge is 0.480 e. The molecule has 9 aromatic heterocycles. The SMILES string of the molecule is CC[C@H](C)[C@H](NC(=O)c1nc(-c2nc(-c3csc(-c4nc(-c5csc(C(CCCN=C(N)N)N(C)C)n5)oc4C)n3)oc2C)oc1C)C(=O)N[C@H](c1nc(-c2nc(-c3nc(-c4nc(C5=NC(C(=O)N[C@@H](Cc6ccccc6)C(=O)O)C(C)O5)co4)co3)co2)co1)[C@@H](C)CC. The number of aliphatic imine (C=N–C) groups is 2. The molecule has 32 heteroatoms. The highest BCUT2D eigenvalue weighted by atomic mass is 32.1. The number of aryl methyl sites for hydroxylation is 3. The van der Waals surface area contributed by atoms with Crippen molar-refractivity contribution in [3.05, 3.63) is 111 Å². The van der Waals surface area contributed by atoms with Crippen molar-refractivity contribution in [2.45, 2.75) is 124 Å². The number of rotatable bonds is 28. The predicted octanol–water partition coefficient (Wildman–Crippen LogP) is 9.16. The molecule has 1 aromatic carbocycles. The number of nitrogens with two attached hydrogens (primary N) is 2. The second-order valence-electron chi connectivity index (χ2n) is 23.0. The molecule has 3 unspecified atom stereocenters. The van der Waals surface area contributed by atoms with Crippen molar-refractivity contribution in [3.8, 4) is 80.2 Å². The van der Waals surface area contributed by atoms with Crippen LogP contribution in [-0.2, 0) is 25.5 Å². The summed E-state index contributed by atoms with van der Waals surface area (Å²) in [7, 11) is 4.00. The molecule has 3 amide bonds. The molecule has 1 aliphatic rings. The molecular formula is C63H69N17O13S2. The Morgan fingerprint density at radius 2 is 1.27 bits per heavy atom. The zero-order valence-electron chi connectivity index (χ0n) is 53.4. The maximum absolute atomic E-state index is 14.4. The molecule has 10 aromatic rings. The molecule has 496 valence electrons. The lowest BCUT2D eigenvalue weighted by Crippen LogP contribution is -2.51. The second-order valence-corrected chi connectivity index (χ2v) is 24.7. The van der Waals surface area contributed by atoms with Crippen molar-refractivity contribution in [2.75, 3.05) is 20.6 Å². The van der Waals surface area contributed by atoms with Crippen LogP contribution in [0.15, 0.2) is 107 Å². The van der Waals surface area contributed by atoms with E-state index in [1.807, 2.05) is 60.2 Å². The summed E-state index contributed by atoms with van der Waals surface area (Å²) in [6, 6.07) is 4.97. The van der Waals surface area contributed by atoms with Gasteiger partial charge in [0.2, 0.25) is 58.9 Å². The minimum Gasteiger partial charge on any atom is -0.480 e. The number of ether oxygens (including phenoxy) is 1. The molecule has 0 fully saturated rings. The topological polar surface area (TPSA) is 422 Å². The molecule has 8 N–H and O–H groups in total. The number of aliphatic carboxylic acids is 1. The number of carboxylic acid groups (broad SMARTS) is 1. The molecule has 0 spiro atoms. The van der Waals surface area contributed by atoms with Gasteiger partial charge < -0.3 is 73.1 Å². The minimum atomic E-state index is -1.19. The molecule has 0 aliphatic carbocycles. The highest BCUT2D eigenvalue weighted by Crippen LogP contribution is 2.38. The number of carboxylic acids is 1. The number of nitrogens with zero attached hydrogens (tertiary/aromatic N) is 12. The summed E-state index contributed by atoms with van der Waals surface area (Å²) in [6.45, 7) is 14.9. The van der Waals surface area contributed by atoms with Gasteiger partial charge in [-0.3, -0.25) is 19.4 Å². The van der Waals surface area contributed by atoms with Crippen LogP contribution in [0, 0.1) is 32.6 Å². The van der Waals surface area contributed by atoms with Crippen LogP contribution in [0.3, 0.4) is 0 Å². The van der Waals surface area contributed by atoms with Crippen LogP contribution in [0.5, 0.6) is 0 Å². The number of benzene rings is 1. The van der Waals surface area contributed by atoms with Crippen LogP contribution in [0.25, 0.3) is 80.2 Å². The van der Waals surface area contributed by atoms with Gasteiger partial charge in [0.25, 0.3) is 5.91 Å². The Balaban J connectivity index is 0.718. The van der Waals surface area contributed by atoms with Gasteiger partial charge in [0.05, 0.1) is 6.04 Å². The summed E-state index contributed by atoms with van der Waals surface area (Å²) >= 11 is 2.86. The Bertz CT molecular complexity index is 4430. The lowest BCUT2D eigenvalue weighted by Gasteiger charge is -2.27. The summed E-state index contributed by atoms with van der Waals surface area (Å²) in [6.07, 6.45) is 7.32. The average molecular weight is 1340 g/mol. The van der Waals surface area contributed by atoms with E-state index in [-0.39, 0.29) is 111 Å². The van der Waals surface area contributed by atoms with Crippen molar-refractivity contribution in [3.63, 3.8) is 0 Å². The van der Waals surface area contributed by atoms with E-state index in [9.17, 15) is 24.3 Å². The van der Waals surface area contributed by atoms with Crippen molar-refractivity contribution in [1.82, 2.24) is 65.7 Å². The molecule has 8 atom stereocenters. The predicted molar refractivity (Wildman–Crippen MR) is 345 cm³/mol. The maximum Gasteiger partial charge on any atom is 0.326 e. The summed E-state index contributed by atoms with van der Waals surface area (Å²) < 4.78 is 47.4. The first kappa shape index (κ1) is 66.0. The number of aromatic nitrogens is 9. The monoisotopic (exact) mass is 1340 g/mol. The Labute approximate surface area is 550 Å². The van der Waals surface area contributed by atoms with E-state index in [1.165, 1.54) is 47.7 Å². The van der Waals surface area contributed by atoms with Gasteiger partial charge in [-0.2, -0.15) is 0 Å². The molecular weight excluding hydrogens is 1270 g/mol. The third-order valence-electron chi connectivity index (χ3n) is 15.9. The van der Waals surface area contributed by atoms with Crippen LogP contribution in [-0.4, -0.2) is 135 Å². The van der Waals surface area contributed by atoms with Gasteiger partial charge in [-0.1, -0.05) is 70.9 Å². The first-order chi connectivity index (χ1) is 45.6. The maximum atomic E-state index is 14.4. The van der Waals surface area contributed by atoms with Gasteiger partial charge in [0.1, 0.15) is 93.7 Å². The second kappa shape index (κ2) is 28.4.